The van der Waals surface area contributed by atoms with Gasteiger partial charge in [-0.3, -0.25) is 0 Å². The van der Waals surface area contributed by atoms with Gasteiger partial charge in [0.2, 0.25) is 0 Å². The van der Waals surface area contributed by atoms with Crippen LogP contribution in [-0.2, 0) is 24.2 Å². The minimum Gasteiger partial charge on any atom is -0.381 e. The predicted molar refractivity (Wildman–Crippen MR) is 127 cm³/mol. The summed E-state index contributed by atoms with van der Waals surface area (Å²) in [7, 11) is 0. The number of nitrogens with one attached hydrogen (secondary N) is 2. The second-order valence-electron chi connectivity index (χ2n) is 6.73. The molecule has 1 unspecified atom stereocenters. The van der Waals surface area contributed by atoms with E-state index in [2.05, 4.69) is 27.8 Å². The average molecular weight is 553 g/mol. The number of halogens is 3. The van der Waals surface area contributed by atoms with Gasteiger partial charge < -0.3 is 19.9 Å². The van der Waals surface area contributed by atoms with E-state index in [-0.39, 0.29) is 24.0 Å². The van der Waals surface area contributed by atoms with Gasteiger partial charge in [0.15, 0.2) is 5.96 Å². The van der Waals surface area contributed by atoms with Crippen LogP contribution < -0.4 is 10.6 Å². The summed E-state index contributed by atoms with van der Waals surface area (Å²) in [6.07, 6.45) is 3.69. The molecule has 0 saturated carbocycles. The van der Waals surface area contributed by atoms with E-state index in [9.17, 15) is 0 Å². The molecule has 0 radical (unpaired) electrons. The van der Waals surface area contributed by atoms with Crippen LogP contribution in [0.25, 0.3) is 0 Å². The second kappa shape index (κ2) is 12.6. The lowest BCUT2D eigenvalue weighted by molar-refractivity contribution is 0.186. The Morgan fingerprint density at radius 1 is 1.34 bits per heavy atom. The lowest BCUT2D eigenvalue weighted by Gasteiger charge is -2.16. The third kappa shape index (κ3) is 7.58. The van der Waals surface area contributed by atoms with Crippen molar-refractivity contribution in [3.05, 3.63) is 46.0 Å². The van der Waals surface area contributed by atoms with E-state index < -0.39 is 0 Å². The molecule has 0 bridgehead atoms. The summed E-state index contributed by atoms with van der Waals surface area (Å²) in [5.41, 5.74) is 0.934. The highest BCUT2D eigenvalue weighted by molar-refractivity contribution is 14.0. The van der Waals surface area contributed by atoms with Crippen molar-refractivity contribution in [2.45, 2.75) is 32.9 Å². The summed E-state index contributed by atoms with van der Waals surface area (Å²) in [5.74, 6) is 2.24. The first-order chi connectivity index (χ1) is 13.7. The topological polar surface area (TPSA) is 76.4 Å². The van der Waals surface area contributed by atoms with Crippen molar-refractivity contribution in [2.75, 3.05) is 26.3 Å². The molecular formula is C19H27Cl2IN6O. The number of aromatic nitrogens is 3. The van der Waals surface area contributed by atoms with Crippen molar-refractivity contribution in [1.82, 2.24) is 25.4 Å². The van der Waals surface area contributed by atoms with Gasteiger partial charge in [-0.25, -0.2) is 4.99 Å². The van der Waals surface area contributed by atoms with E-state index in [1.165, 1.54) is 0 Å². The molecule has 29 heavy (non-hydrogen) atoms. The number of nitrogens with zero attached hydrogens (tertiary/aromatic N) is 4. The monoisotopic (exact) mass is 552 g/mol. The van der Waals surface area contributed by atoms with Crippen LogP contribution in [0.1, 0.15) is 24.7 Å². The van der Waals surface area contributed by atoms with Gasteiger partial charge in [0.05, 0.1) is 13.2 Å². The average Bonchev–Trinajstić information content (AvgIpc) is 3.36. The molecule has 1 atom stereocenters. The van der Waals surface area contributed by atoms with Crippen LogP contribution in [0.3, 0.4) is 0 Å². The number of rotatable bonds is 8. The Labute approximate surface area is 198 Å². The quantitative estimate of drug-likeness (QED) is 0.298. The van der Waals surface area contributed by atoms with Crippen LogP contribution in [0.5, 0.6) is 0 Å². The summed E-state index contributed by atoms with van der Waals surface area (Å²) in [6.45, 7) is 6.48. The van der Waals surface area contributed by atoms with Crippen LogP contribution in [0.2, 0.25) is 10.0 Å². The number of benzene rings is 1. The summed E-state index contributed by atoms with van der Waals surface area (Å²) in [5, 5.41) is 16.1. The molecule has 0 aliphatic carbocycles. The minimum atomic E-state index is 0. The first-order valence-electron chi connectivity index (χ1n) is 9.56. The summed E-state index contributed by atoms with van der Waals surface area (Å²) >= 11 is 12.2. The van der Waals surface area contributed by atoms with Crippen LogP contribution in [0.4, 0.5) is 0 Å². The SMILES string of the molecule is CCc1nncn1CCNC(=NCc1ccc(Cl)cc1Cl)NCC1CCOC1.I. The van der Waals surface area contributed by atoms with E-state index in [1.807, 2.05) is 16.7 Å². The first-order valence-corrected chi connectivity index (χ1v) is 10.3. The van der Waals surface area contributed by atoms with E-state index >= 15 is 0 Å². The second-order valence-corrected chi connectivity index (χ2v) is 7.58. The highest BCUT2D eigenvalue weighted by atomic mass is 127. The fourth-order valence-corrected chi connectivity index (χ4v) is 3.48. The number of hydrogen-bond acceptors (Lipinski definition) is 4. The van der Waals surface area contributed by atoms with E-state index in [4.69, 9.17) is 32.9 Å². The molecule has 3 rings (SSSR count). The van der Waals surface area contributed by atoms with Crippen molar-refractivity contribution < 1.29 is 4.74 Å². The van der Waals surface area contributed by atoms with Crippen LogP contribution >= 0.6 is 47.2 Å². The highest BCUT2D eigenvalue weighted by Gasteiger charge is 2.16. The Kier molecular flexibility index (Phi) is 10.5. The van der Waals surface area contributed by atoms with Crippen molar-refractivity contribution in [1.29, 1.82) is 0 Å². The molecule has 1 aromatic heterocycles. The van der Waals surface area contributed by atoms with E-state index in [0.29, 0.717) is 29.1 Å². The maximum absolute atomic E-state index is 6.27. The van der Waals surface area contributed by atoms with Crippen molar-refractivity contribution in [3.8, 4) is 0 Å². The predicted octanol–water partition coefficient (Wildman–Crippen LogP) is 3.54. The Hall–Kier alpha value is -1.10. The number of ether oxygens (including phenoxy) is 1. The highest BCUT2D eigenvalue weighted by Crippen LogP contribution is 2.21. The van der Waals surface area contributed by atoms with Crippen LogP contribution in [0.15, 0.2) is 29.5 Å². The molecule has 7 nitrogen and oxygen atoms in total. The zero-order chi connectivity index (χ0) is 19.8. The van der Waals surface area contributed by atoms with Gasteiger partial charge in [0.1, 0.15) is 12.2 Å². The lowest BCUT2D eigenvalue weighted by atomic mass is 10.1. The lowest BCUT2D eigenvalue weighted by Crippen LogP contribution is -2.41. The summed E-state index contributed by atoms with van der Waals surface area (Å²) < 4.78 is 7.50. The molecule has 1 aliphatic heterocycles. The molecule has 1 aliphatic rings. The summed E-state index contributed by atoms with van der Waals surface area (Å²) in [4.78, 5) is 4.69. The number of guanidine groups is 1. The number of aryl methyl sites for hydroxylation is 1. The van der Waals surface area contributed by atoms with Gasteiger partial charge in [0, 0.05) is 48.6 Å². The normalized spacial score (nSPS) is 16.5. The Morgan fingerprint density at radius 2 is 2.21 bits per heavy atom. The van der Waals surface area contributed by atoms with Crippen molar-refractivity contribution in [3.63, 3.8) is 0 Å². The van der Waals surface area contributed by atoms with Crippen molar-refractivity contribution in [2.24, 2.45) is 10.9 Å². The third-order valence-electron chi connectivity index (χ3n) is 4.66. The minimum absolute atomic E-state index is 0. The molecule has 0 amide bonds. The molecule has 1 fully saturated rings. The Balaban J connectivity index is 0.00000300. The third-order valence-corrected chi connectivity index (χ3v) is 5.25. The fraction of sp³-hybridized carbons (Fsp3) is 0.526. The standard InChI is InChI=1S/C19H26Cl2N6O.HI/c1-2-18-26-25-13-27(18)7-6-22-19(23-10-14-5-8-28-12-14)24-11-15-3-4-16(20)9-17(15)21;/h3-4,9,13-14H,2,5-8,10-12H2,1H3,(H2,22,23,24);1H. The smallest absolute Gasteiger partial charge is 0.191 e. The van der Waals surface area contributed by atoms with Crippen molar-refractivity contribution >= 4 is 53.1 Å². The molecule has 10 heteroatoms. The fourth-order valence-electron chi connectivity index (χ4n) is 3.01. The molecule has 2 aromatic rings. The number of aliphatic imine (C=N–C) groups is 1. The van der Waals surface area contributed by atoms with E-state index in [1.54, 1.807) is 12.4 Å². The van der Waals surface area contributed by atoms with Gasteiger partial charge in [0.25, 0.3) is 0 Å². The zero-order valence-electron chi connectivity index (χ0n) is 16.4. The van der Waals surface area contributed by atoms with Gasteiger partial charge >= 0.3 is 0 Å². The zero-order valence-corrected chi connectivity index (χ0v) is 20.2. The maximum Gasteiger partial charge on any atom is 0.191 e. The Bertz CT molecular complexity index is 795. The van der Waals surface area contributed by atoms with Crippen LogP contribution in [-0.4, -0.2) is 47.0 Å². The molecule has 2 heterocycles. The van der Waals surface area contributed by atoms with Gasteiger partial charge in [-0.1, -0.05) is 36.2 Å². The summed E-state index contributed by atoms with van der Waals surface area (Å²) in [6, 6.07) is 5.47. The van der Waals surface area contributed by atoms with Crippen LogP contribution in [0, 0.1) is 5.92 Å². The molecule has 0 spiro atoms. The number of hydrogen-bond donors (Lipinski definition) is 2. The Morgan fingerprint density at radius 3 is 2.93 bits per heavy atom. The largest absolute Gasteiger partial charge is 0.381 e. The molecule has 2 N–H and O–H groups in total. The first kappa shape index (κ1) is 24.2. The molecule has 1 aromatic carbocycles. The van der Waals surface area contributed by atoms with Gasteiger partial charge in [-0.15, -0.1) is 34.2 Å². The van der Waals surface area contributed by atoms with Gasteiger partial charge in [-0.2, -0.15) is 0 Å². The molecule has 1 saturated heterocycles. The molecule has 160 valence electrons. The van der Waals surface area contributed by atoms with E-state index in [0.717, 1.165) is 56.5 Å². The van der Waals surface area contributed by atoms with Gasteiger partial charge in [-0.05, 0) is 24.1 Å². The maximum atomic E-state index is 6.27. The molecular weight excluding hydrogens is 526 g/mol.